The molecule has 19 aliphatic carbocycles. The normalized spacial score (nSPS) is 48.2. The number of nitrogens with zero attached hydrogens (tertiary/aromatic N) is 3. The van der Waals surface area contributed by atoms with Crippen LogP contribution in [0.5, 0.6) is 0 Å². The van der Waals surface area contributed by atoms with Crippen LogP contribution >= 0.6 is 0 Å². The molecule has 2 heterocycles. The van der Waals surface area contributed by atoms with E-state index in [1.54, 1.807) is 379 Å². The van der Waals surface area contributed by atoms with E-state index in [0.29, 0.717) is 10.8 Å². The molecule has 0 spiro atoms. The highest BCUT2D eigenvalue weighted by Crippen LogP contribution is 2.72. The first-order valence-electron chi connectivity index (χ1n) is 56.1. The first-order valence-corrected chi connectivity index (χ1v) is 56.1. The number of fused-ring (bicyclic) bond motifs is 6. The zero-order valence-electron chi connectivity index (χ0n) is 77.5. The molecule has 23 unspecified atom stereocenters. The van der Waals surface area contributed by atoms with Gasteiger partial charge in [0.2, 0.25) is 0 Å². The predicted molar refractivity (Wildman–Crippen MR) is 491 cm³/mol. The van der Waals surface area contributed by atoms with Crippen molar-refractivity contribution < 1.29 is 0 Å². The Morgan fingerprint density at radius 1 is 0.207 bits per heavy atom. The van der Waals surface area contributed by atoms with Crippen LogP contribution in [0, 0.1) is 165 Å². The van der Waals surface area contributed by atoms with Gasteiger partial charge in [-0.3, -0.25) is 14.7 Å². The van der Waals surface area contributed by atoms with Gasteiger partial charge in [-0.2, -0.15) is 0 Å². The van der Waals surface area contributed by atoms with Crippen LogP contribution in [0.1, 0.15) is 465 Å². The predicted octanol–water partition coefficient (Wildman–Crippen LogP) is 31.0. The van der Waals surface area contributed by atoms with Gasteiger partial charge in [0.15, 0.2) is 6.71 Å². The molecule has 116 heavy (non-hydrogen) atoms. The molecule has 21 aliphatic rings. The average molecular weight is 1590 g/mol. The smallest absolute Gasteiger partial charge is 0.156 e. The van der Waals surface area contributed by atoms with Crippen molar-refractivity contribution in [1.29, 1.82) is 0 Å². The third-order valence-electron chi connectivity index (χ3n) is 45.9. The molecule has 23 atom stereocenters. The fourth-order valence-corrected chi connectivity index (χ4v) is 41.3. The van der Waals surface area contributed by atoms with Crippen LogP contribution in [0.3, 0.4) is 0 Å². The zero-order valence-corrected chi connectivity index (χ0v) is 77.5. The van der Waals surface area contributed by atoms with E-state index in [1.807, 2.05) is 0 Å². The van der Waals surface area contributed by atoms with E-state index in [4.69, 9.17) is 0 Å². The molecule has 0 radical (unpaired) electrons. The Hall–Kier alpha value is -0.0551. The molecule has 0 aromatic rings. The second-order valence-corrected chi connectivity index (χ2v) is 52.3. The van der Waals surface area contributed by atoms with Gasteiger partial charge in [-0.15, -0.1) is 0 Å². The van der Waals surface area contributed by atoms with E-state index in [0.717, 1.165) is 232 Å². The Labute approximate surface area is 718 Å². The molecule has 19 saturated carbocycles. The van der Waals surface area contributed by atoms with Gasteiger partial charge in [-0.25, -0.2) is 0 Å². The van der Waals surface area contributed by atoms with Crippen molar-refractivity contribution >= 4 is 6.71 Å². The fourth-order valence-electron chi connectivity index (χ4n) is 41.3. The SMILES string of the molecule is CC(C)(C)C1CC(C2CCCCC2)C(N2C3CCC(C4CCCCC4)CC3B3C4CC(C5CCC6C7CCCC8CCCC(C9CCCC5C96)C87)CCC4N(C4C(C5CCCCC5)CC(C(C)(C)C)CC4C4CCCCC4)C4CC(N(C5CCC(C6CCCCC6)CC5)C5CCC(C6CCCCC6)CC5)CC2C34)C(C2CCCCC2)C1. The lowest BCUT2D eigenvalue weighted by Crippen LogP contribution is -2.78. The largest absolute Gasteiger partial charge is 0.295 e. The zero-order chi connectivity index (χ0) is 77.9. The van der Waals surface area contributed by atoms with Crippen LogP contribution in [-0.4, -0.2) is 75.8 Å². The van der Waals surface area contributed by atoms with Gasteiger partial charge in [0, 0.05) is 54.4 Å². The van der Waals surface area contributed by atoms with Crippen molar-refractivity contribution in [2.45, 2.75) is 537 Å². The first-order chi connectivity index (χ1) is 56.8. The van der Waals surface area contributed by atoms with E-state index >= 15 is 0 Å². The van der Waals surface area contributed by atoms with Gasteiger partial charge in [0.1, 0.15) is 0 Å². The highest BCUT2D eigenvalue weighted by atomic mass is 15.3. The molecule has 2 saturated heterocycles. The summed E-state index contributed by atoms with van der Waals surface area (Å²) < 4.78 is 0. The lowest BCUT2D eigenvalue weighted by atomic mass is 9.17. The van der Waals surface area contributed by atoms with Gasteiger partial charge in [0.25, 0.3) is 0 Å². The molecular weight excluding hydrogens is 1400 g/mol. The Balaban J connectivity index is 0.753. The number of hydrogen-bond acceptors (Lipinski definition) is 3. The summed E-state index contributed by atoms with van der Waals surface area (Å²) >= 11 is 0. The van der Waals surface area contributed by atoms with Crippen LogP contribution < -0.4 is 0 Å². The summed E-state index contributed by atoms with van der Waals surface area (Å²) in [6.07, 6.45) is 105. The summed E-state index contributed by atoms with van der Waals surface area (Å²) in [5, 5.41) is 0. The monoisotopic (exact) mass is 1590 g/mol. The summed E-state index contributed by atoms with van der Waals surface area (Å²) in [6, 6.07) is 7.38. The molecule has 21 fully saturated rings. The lowest BCUT2D eigenvalue weighted by molar-refractivity contribution is -0.161. The lowest BCUT2D eigenvalue weighted by Gasteiger charge is -2.73. The molecule has 0 N–H and O–H groups in total. The van der Waals surface area contributed by atoms with Crippen LogP contribution in [0.15, 0.2) is 0 Å². The van der Waals surface area contributed by atoms with Gasteiger partial charge in [0.05, 0.1) is 0 Å². The summed E-state index contributed by atoms with van der Waals surface area (Å²) in [7, 11) is 0. The molecule has 0 aromatic carbocycles. The minimum Gasteiger partial charge on any atom is -0.295 e. The van der Waals surface area contributed by atoms with Crippen LogP contribution in [-0.2, 0) is 0 Å². The van der Waals surface area contributed by atoms with E-state index < -0.39 is 0 Å². The summed E-state index contributed by atoms with van der Waals surface area (Å²) in [4.78, 5) is 11.9. The van der Waals surface area contributed by atoms with Crippen molar-refractivity contribution in [1.82, 2.24) is 14.7 Å². The minimum atomic E-state index is 0.391. The molecule has 2 aliphatic heterocycles. The second-order valence-electron chi connectivity index (χ2n) is 52.3. The molecular formula is C112H188BN3. The number of hydrogen-bond donors (Lipinski definition) is 0. The first kappa shape index (κ1) is 82.9. The molecule has 21 rings (SSSR count). The maximum Gasteiger partial charge on any atom is 0.156 e. The summed E-state index contributed by atoms with van der Waals surface area (Å²) in [5.74, 6) is 29.1. The Bertz CT molecular complexity index is 2960. The van der Waals surface area contributed by atoms with Gasteiger partial charge in [-0.1, -0.05) is 311 Å². The fraction of sp³-hybridized carbons (Fsp3) is 1.00. The third kappa shape index (κ3) is 16.0. The third-order valence-corrected chi connectivity index (χ3v) is 45.9. The van der Waals surface area contributed by atoms with Crippen molar-refractivity contribution in [2.75, 3.05) is 0 Å². The highest BCUT2D eigenvalue weighted by molar-refractivity contribution is 6.65. The van der Waals surface area contributed by atoms with Crippen molar-refractivity contribution in [3.05, 3.63) is 0 Å². The van der Waals surface area contributed by atoms with Gasteiger partial charge < -0.3 is 0 Å². The van der Waals surface area contributed by atoms with Gasteiger partial charge >= 0.3 is 0 Å². The number of rotatable bonds is 13. The Kier molecular flexibility index (Phi) is 25.6. The maximum absolute atomic E-state index is 4.09. The van der Waals surface area contributed by atoms with E-state index in [9.17, 15) is 0 Å². The van der Waals surface area contributed by atoms with Crippen molar-refractivity contribution in [2.24, 2.45) is 165 Å². The molecule has 0 amide bonds. The molecule has 0 aromatic heterocycles. The Morgan fingerprint density at radius 3 is 0.888 bits per heavy atom. The van der Waals surface area contributed by atoms with E-state index in [1.165, 1.54) is 44.9 Å². The highest BCUT2D eigenvalue weighted by Gasteiger charge is 2.71. The Morgan fingerprint density at radius 2 is 0.500 bits per heavy atom. The average Bonchev–Trinajstić information content (AvgIpc) is 0.685. The van der Waals surface area contributed by atoms with E-state index in [-0.39, 0.29) is 0 Å². The van der Waals surface area contributed by atoms with Crippen molar-refractivity contribution in [3.8, 4) is 0 Å². The maximum atomic E-state index is 4.09. The summed E-state index contributed by atoms with van der Waals surface area (Å²) in [5.41, 5.74) is 0.784. The summed E-state index contributed by atoms with van der Waals surface area (Å²) in [6.45, 7) is 17.8. The van der Waals surface area contributed by atoms with Gasteiger partial charge in [-0.05, 0) is 336 Å². The van der Waals surface area contributed by atoms with Crippen LogP contribution in [0.25, 0.3) is 0 Å². The standard InChI is InChI=1S/C112H188BN3/c1-111(2,3)85-67-96(78-37-20-10-21-38-78)109(97(68-85)79-39-22-11-23-40-79)115-102-63-55-83(75-35-18-9-19-36-75)65-100(102)113-101-66-84(90-61-62-95-93-48-29-46-82-45-28-47-92(106(82)93)94-50-30-49-91(90)107(94)95)56-64-103(101)116(110-98(80-41-24-12-25-42-80)69-86(112(4,5)6)70-99(110)81-43-26-13-27-44-81)105-72-89(71-104(115)108(105)113)114(87-57-51-76(52-58-87)73-31-14-7-15-32-73)88-59-53-77(54-60-88)74-33-16-8-17-34-74/h73-110H,7-72H2,1-6H3. The molecule has 4 heteroatoms. The minimum absolute atomic E-state index is 0.391. The van der Waals surface area contributed by atoms with Crippen LogP contribution in [0.4, 0.5) is 0 Å². The quantitative estimate of drug-likeness (QED) is 0.170. The topological polar surface area (TPSA) is 9.72 Å². The van der Waals surface area contributed by atoms with E-state index in [2.05, 4.69) is 56.2 Å². The van der Waals surface area contributed by atoms with Crippen LogP contribution in [0.2, 0.25) is 17.5 Å². The van der Waals surface area contributed by atoms with Crippen molar-refractivity contribution in [3.63, 3.8) is 0 Å². The molecule has 654 valence electrons. The second kappa shape index (κ2) is 35.9. The molecule has 0 bridgehead atoms. The molecule has 3 nitrogen and oxygen atoms in total.